The van der Waals surface area contributed by atoms with Crippen LogP contribution in [0.1, 0.15) is 51.7 Å². The lowest BCUT2D eigenvalue weighted by atomic mass is 10.1. The van der Waals surface area contributed by atoms with Gasteiger partial charge in [-0.05, 0) is 32.4 Å². The molecule has 1 aliphatic heterocycles. The minimum absolute atomic E-state index is 0.227. The first-order chi connectivity index (χ1) is 14.0. The van der Waals surface area contributed by atoms with Crippen molar-refractivity contribution in [2.45, 2.75) is 65.1 Å². The summed E-state index contributed by atoms with van der Waals surface area (Å²) in [5.74, 6) is 2.91. The van der Waals surface area contributed by atoms with Crippen LogP contribution in [0.4, 0.5) is 4.39 Å². The third-order valence-electron chi connectivity index (χ3n) is 4.75. The van der Waals surface area contributed by atoms with Crippen LogP contribution >= 0.6 is 0 Å². The molecule has 0 saturated heterocycles. The number of para-hydroxylation sites is 1. The lowest BCUT2D eigenvalue weighted by Gasteiger charge is -2.25. The number of benzene rings is 1. The first-order valence-corrected chi connectivity index (χ1v) is 10.4. The van der Waals surface area contributed by atoms with Gasteiger partial charge in [0.2, 0.25) is 0 Å². The van der Waals surface area contributed by atoms with E-state index in [9.17, 15) is 4.39 Å². The first kappa shape index (κ1) is 21.1. The smallest absolute Gasteiger partial charge is 0.191 e. The topological polar surface area (TPSA) is 76.4 Å². The van der Waals surface area contributed by atoms with Gasteiger partial charge in [0.15, 0.2) is 23.4 Å². The second-order valence-corrected chi connectivity index (χ2v) is 7.68. The van der Waals surface area contributed by atoms with Gasteiger partial charge in [0.25, 0.3) is 0 Å². The molecule has 2 heterocycles. The van der Waals surface area contributed by atoms with Crippen molar-refractivity contribution in [2.24, 2.45) is 4.99 Å². The van der Waals surface area contributed by atoms with Crippen molar-refractivity contribution in [1.29, 1.82) is 0 Å². The third kappa shape index (κ3) is 5.68. The van der Waals surface area contributed by atoms with Crippen molar-refractivity contribution in [2.75, 3.05) is 13.1 Å². The molecule has 2 N–H and O–H groups in total. The van der Waals surface area contributed by atoms with Crippen molar-refractivity contribution in [3.05, 3.63) is 41.7 Å². The SMILES string of the molecule is CCNC(=NCC(C)Oc1ccccc1F)NC1CCc2nc(C(C)C)nn2C1. The van der Waals surface area contributed by atoms with Crippen molar-refractivity contribution in [1.82, 2.24) is 25.4 Å². The van der Waals surface area contributed by atoms with Gasteiger partial charge in [-0.15, -0.1) is 0 Å². The summed E-state index contributed by atoms with van der Waals surface area (Å²) in [6.07, 6.45) is 1.62. The number of aryl methyl sites for hydroxylation is 1. The minimum Gasteiger partial charge on any atom is -0.486 e. The summed E-state index contributed by atoms with van der Waals surface area (Å²) in [6, 6.07) is 6.65. The summed E-state index contributed by atoms with van der Waals surface area (Å²) >= 11 is 0. The molecule has 8 heteroatoms. The molecule has 1 aromatic heterocycles. The standard InChI is InChI=1S/C21H31FN6O/c1-5-23-21(24-12-15(4)29-18-9-7-6-8-17(18)22)25-16-10-11-19-26-20(14(2)3)27-28(19)13-16/h6-9,14-16H,5,10-13H2,1-4H3,(H2,23,24,25). The van der Waals surface area contributed by atoms with Gasteiger partial charge in [-0.3, -0.25) is 0 Å². The van der Waals surface area contributed by atoms with Crippen molar-refractivity contribution in [3.63, 3.8) is 0 Å². The third-order valence-corrected chi connectivity index (χ3v) is 4.75. The van der Waals surface area contributed by atoms with Crippen LogP contribution in [0.5, 0.6) is 5.75 Å². The van der Waals surface area contributed by atoms with Crippen molar-refractivity contribution >= 4 is 5.96 Å². The predicted octanol–water partition coefficient (Wildman–Crippen LogP) is 2.88. The molecule has 29 heavy (non-hydrogen) atoms. The van der Waals surface area contributed by atoms with Crippen LogP contribution in [0, 0.1) is 5.82 Å². The second kappa shape index (κ2) is 9.71. The van der Waals surface area contributed by atoms with E-state index in [1.807, 2.05) is 18.5 Å². The Kier molecular flexibility index (Phi) is 7.06. The molecule has 7 nitrogen and oxygen atoms in total. The molecule has 1 aromatic carbocycles. The highest BCUT2D eigenvalue weighted by molar-refractivity contribution is 5.80. The van der Waals surface area contributed by atoms with Crippen LogP contribution < -0.4 is 15.4 Å². The average molecular weight is 403 g/mol. The number of guanidine groups is 1. The molecule has 0 bridgehead atoms. The molecule has 0 radical (unpaired) electrons. The van der Waals surface area contributed by atoms with E-state index in [2.05, 4.69) is 39.6 Å². The van der Waals surface area contributed by atoms with Crippen LogP contribution in [-0.4, -0.2) is 46.0 Å². The van der Waals surface area contributed by atoms with E-state index in [0.717, 1.165) is 43.5 Å². The second-order valence-electron chi connectivity index (χ2n) is 7.68. The van der Waals surface area contributed by atoms with E-state index in [1.165, 1.54) is 6.07 Å². The predicted molar refractivity (Wildman–Crippen MR) is 112 cm³/mol. The zero-order chi connectivity index (χ0) is 20.8. The maximum Gasteiger partial charge on any atom is 0.191 e. The first-order valence-electron chi connectivity index (χ1n) is 10.4. The van der Waals surface area contributed by atoms with Gasteiger partial charge >= 0.3 is 0 Å². The molecule has 0 amide bonds. The van der Waals surface area contributed by atoms with Crippen LogP contribution in [-0.2, 0) is 13.0 Å². The number of nitrogens with zero attached hydrogens (tertiary/aromatic N) is 4. The Balaban J connectivity index is 1.58. The highest BCUT2D eigenvalue weighted by Crippen LogP contribution is 2.18. The van der Waals surface area contributed by atoms with E-state index in [4.69, 9.17) is 4.74 Å². The summed E-state index contributed by atoms with van der Waals surface area (Å²) in [6.45, 7) is 10.1. The molecule has 0 saturated carbocycles. The number of aromatic nitrogens is 3. The maximum absolute atomic E-state index is 13.8. The van der Waals surface area contributed by atoms with Gasteiger partial charge in [-0.25, -0.2) is 19.0 Å². The van der Waals surface area contributed by atoms with Gasteiger partial charge in [-0.1, -0.05) is 26.0 Å². The highest BCUT2D eigenvalue weighted by atomic mass is 19.1. The largest absolute Gasteiger partial charge is 0.486 e. The van der Waals surface area contributed by atoms with Gasteiger partial charge in [0.05, 0.1) is 13.1 Å². The van der Waals surface area contributed by atoms with Crippen LogP contribution in [0.2, 0.25) is 0 Å². The number of rotatable bonds is 7. The van der Waals surface area contributed by atoms with Crippen molar-refractivity contribution in [3.8, 4) is 5.75 Å². The molecule has 1 aliphatic rings. The Bertz CT molecular complexity index is 834. The van der Waals surface area contributed by atoms with Crippen LogP contribution in [0.15, 0.2) is 29.3 Å². The zero-order valence-corrected chi connectivity index (χ0v) is 17.7. The fraction of sp³-hybridized carbons (Fsp3) is 0.571. The summed E-state index contributed by atoms with van der Waals surface area (Å²) in [4.78, 5) is 9.26. The minimum atomic E-state index is -0.361. The molecule has 2 aromatic rings. The Hall–Kier alpha value is -2.64. The number of hydrogen-bond acceptors (Lipinski definition) is 4. The number of hydrogen-bond donors (Lipinski definition) is 2. The van der Waals surface area contributed by atoms with E-state index in [1.54, 1.807) is 18.2 Å². The summed E-state index contributed by atoms with van der Waals surface area (Å²) < 4.78 is 21.4. The van der Waals surface area contributed by atoms with Gasteiger partial charge in [-0.2, -0.15) is 5.10 Å². The summed E-state index contributed by atoms with van der Waals surface area (Å²) in [5, 5.41) is 11.4. The zero-order valence-electron chi connectivity index (χ0n) is 17.7. The molecular weight excluding hydrogens is 371 g/mol. The van der Waals surface area contributed by atoms with E-state index < -0.39 is 0 Å². The number of ether oxygens (including phenoxy) is 1. The Morgan fingerprint density at radius 1 is 1.34 bits per heavy atom. The van der Waals surface area contributed by atoms with E-state index >= 15 is 0 Å². The molecule has 0 aliphatic carbocycles. The lowest BCUT2D eigenvalue weighted by molar-refractivity contribution is 0.220. The molecule has 0 spiro atoms. The average Bonchev–Trinajstić information content (AvgIpc) is 3.12. The monoisotopic (exact) mass is 402 g/mol. The fourth-order valence-electron chi connectivity index (χ4n) is 3.22. The Morgan fingerprint density at radius 2 is 2.14 bits per heavy atom. The molecular formula is C21H31FN6O. The maximum atomic E-state index is 13.8. The molecule has 2 atom stereocenters. The lowest BCUT2D eigenvalue weighted by Crippen LogP contribution is -2.47. The summed E-state index contributed by atoms with van der Waals surface area (Å²) in [5.41, 5.74) is 0. The normalized spacial score (nSPS) is 17.7. The Morgan fingerprint density at radius 3 is 2.86 bits per heavy atom. The van der Waals surface area contributed by atoms with E-state index in [-0.39, 0.29) is 23.7 Å². The van der Waals surface area contributed by atoms with Gasteiger partial charge in [0, 0.05) is 24.9 Å². The number of fused-ring (bicyclic) bond motifs is 1. The highest BCUT2D eigenvalue weighted by Gasteiger charge is 2.23. The Labute approximate surface area is 171 Å². The number of aliphatic imine (C=N–C) groups is 1. The number of halogens is 1. The summed E-state index contributed by atoms with van der Waals surface area (Å²) in [7, 11) is 0. The van der Waals surface area contributed by atoms with Crippen LogP contribution in [0.3, 0.4) is 0 Å². The van der Waals surface area contributed by atoms with Gasteiger partial charge in [0.1, 0.15) is 11.9 Å². The van der Waals surface area contributed by atoms with E-state index in [0.29, 0.717) is 12.5 Å². The quantitative estimate of drug-likeness (QED) is 0.550. The molecule has 3 rings (SSSR count). The fourth-order valence-corrected chi connectivity index (χ4v) is 3.22. The molecule has 0 fully saturated rings. The van der Waals surface area contributed by atoms with Crippen molar-refractivity contribution < 1.29 is 9.13 Å². The van der Waals surface area contributed by atoms with Crippen LogP contribution in [0.25, 0.3) is 0 Å². The molecule has 158 valence electrons. The number of nitrogens with one attached hydrogen (secondary N) is 2. The van der Waals surface area contributed by atoms with Gasteiger partial charge < -0.3 is 15.4 Å². The molecule has 2 unspecified atom stereocenters.